The van der Waals surface area contributed by atoms with Gasteiger partial charge in [-0.2, -0.15) is 0 Å². The molecular weight excluding hydrogens is 238 g/mol. The van der Waals surface area contributed by atoms with Crippen LogP contribution in [0.3, 0.4) is 0 Å². The SMILES string of the molecule is CNC1COc2cc(OC3CCCCCC3)ccc21. The molecule has 1 atom stereocenters. The summed E-state index contributed by atoms with van der Waals surface area (Å²) in [6.45, 7) is 0.721. The number of hydrogen-bond acceptors (Lipinski definition) is 3. The van der Waals surface area contributed by atoms with Crippen LogP contribution in [0, 0.1) is 0 Å². The molecule has 0 spiro atoms. The van der Waals surface area contributed by atoms with E-state index < -0.39 is 0 Å². The van der Waals surface area contributed by atoms with Crippen LogP contribution in [0.5, 0.6) is 11.5 Å². The molecule has 104 valence electrons. The van der Waals surface area contributed by atoms with Gasteiger partial charge in [0.1, 0.15) is 18.1 Å². The maximum Gasteiger partial charge on any atom is 0.127 e. The van der Waals surface area contributed by atoms with E-state index in [-0.39, 0.29) is 0 Å². The maximum absolute atomic E-state index is 6.13. The minimum Gasteiger partial charge on any atom is -0.491 e. The minimum absolute atomic E-state index is 0.321. The van der Waals surface area contributed by atoms with Crippen molar-refractivity contribution in [2.24, 2.45) is 0 Å². The maximum atomic E-state index is 6.13. The second-order valence-electron chi connectivity index (χ2n) is 5.58. The van der Waals surface area contributed by atoms with Crippen molar-refractivity contribution in [3.63, 3.8) is 0 Å². The molecule has 0 amide bonds. The number of hydrogen-bond donors (Lipinski definition) is 1. The Kier molecular flexibility index (Phi) is 3.92. The van der Waals surface area contributed by atoms with Gasteiger partial charge in [-0.3, -0.25) is 0 Å². The molecule has 0 aromatic heterocycles. The first-order chi connectivity index (χ1) is 9.36. The van der Waals surface area contributed by atoms with Crippen molar-refractivity contribution in [1.29, 1.82) is 0 Å². The molecule has 19 heavy (non-hydrogen) atoms. The standard InChI is InChI=1S/C16H23NO2/c1-17-15-11-18-16-10-13(8-9-14(15)16)19-12-6-4-2-3-5-7-12/h8-10,12,15,17H,2-7,11H2,1H3. The van der Waals surface area contributed by atoms with Crippen molar-refractivity contribution in [3.8, 4) is 11.5 Å². The number of benzene rings is 1. The van der Waals surface area contributed by atoms with Crippen molar-refractivity contribution >= 4 is 0 Å². The van der Waals surface area contributed by atoms with Gasteiger partial charge in [0, 0.05) is 11.6 Å². The fourth-order valence-corrected chi connectivity index (χ4v) is 3.05. The molecule has 1 saturated carbocycles. The zero-order valence-corrected chi connectivity index (χ0v) is 11.7. The molecule has 3 heteroatoms. The molecule has 1 aliphatic heterocycles. The summed E-state index contributed by atoms with van der Waals surface area (Å²) in [4.78, 5) is 0. The van der Waals surface area contributed by atoms with Crippen LogP contribution in [0.2, 0.25) is 0 Å². The van der Waals surface area contributed by atoms with E-state index in [2.05, 4.69) is 23.5 Å². The Bertz CT molecular complexity index is 425. The lowest BCUT2D eigenvalue weighted by Gasteiger charge is -2.17. The zero-order chi connectivity index (χ0) is 13.1. The van der Waals surface area contributed by atoms with Crippen molar-refractivity contribution in [3.05, 3.63) is 23.8 Å². The summed E-state index contributed by atoms with van der Waals surface area (Å²) in [5, 5.41) is 3.26. The van der Waals surface area contributed by atoms with Gasteiger partial charge in [-0.1, -0.05) is 12.8 Å². The number of ether oxygens (including phenoxy) is 2. The Hall–Kier alpha value is -1.22. The molecular formula is C16H23NO2. The average Bonchev–Trinajstić information content (AvgIpc) is 2.66. The third kappa shape index (κ3) is 2.86. The van der Waals surface area contributed by atoms with Gasteiger partial charge >= 0.3 is 0 Å². The van der Waals surface area contributed by atoms with Crippen molar-refractivity contribution in [1.82, 2.24) is 5.32 Å². The van der Waals surface area contributed by atoms with Crippen LogP contribution in [-0.4, -0.2) is 19.8 Å². The van der Waals surface area contributed by atoms with E-state index in [0.29, 0.717) is 12.1 Å². The van der Waals surface area contributed by atoms with E-state index in [4.69, 9.17) is 9.47 Å². The monoisotopic (exact) mass is 261 g/mol. The highest BCUT2D eigenvalue weighted by Crippen LogP contribution is 2.35. The molecule has 1 N–H and O–H groups in total. The number of fused-ring (bicyclic) bond motifs is 1. The summed E-state index contributed by atoms with van der Waals surface area (Å²) in [5.74, 6) is 1.94. The lowest BCUT2D eigenvalue weighted by molar-refractivity contribution is 0.183. The fourth-order valence-electron chi connectivity index (χ4n) is 3.05. The van der Waals surface area contributed by atoms with Gasteiger partial charge in [0.15, 0.2) is 0 Å². The van der Waals surface area contributed by atoms with E-state index in [1.165, 1.54) is 44.1 Å². The van der Waals surface area contributed by atoms with Crippen LogP contribution < -0.4 is 14.8 Å². The van der Waals surface area contributed by atoms with E-state index in [9.17, 15) is 0 Å². The number of likely N-dealkylation sites (N-methyl/N-ethyl adjacent to an activating group) is 1. The summed E-state index contributed by atoms with van der Waals surface area (Å²) in [7, 11) is 1.97. The second-order valence-corrected chi connectivity index (χ2v) is 5.58. The minimum atomic E-state index is 0.321. The quantitative estimate of drug-likeness (QED) is 0.845. The van der Waals surface area contributed by atoms with E-state index >= 15 is 0 Å². The molecule has 1 aromatic rings. The van der Waals surface area contributed by atoms with E-state index in [0.717, 1.165) is 18.1 Å². The lowest BCUT2D eigenvalue weighted by Crippen LogP contribution is -2.17. The van der Waals surface area contributed by atoms with Crippen LogP contribution in [0.25, 0.3) is 0 Å². The largest absolute Gasteiger partial charge is 0.491 e. The molecule has 1 unspecified atom stereocenters. The molecule has 3 rings (SSSR count). The Labute approximate surface area is 115 Å². The summed E-state index contributed by atoms with van der Waals surface area (Å²) in [6.07, 6.45) is 8.09. The highest BCUT2D eigenvalue weighted by molar-refractivity contribution is 5.45. The average molecular weight is 261 g/mol. The molecule has 1 heterocycles. The van der Waals surface area contributed by atoms with Crippen molar-refractivity contribution in [2.45, 2.75) is 50.7 Å². The molecule has 3 nitrogen and oxygen atoms in total. The van der Waals surface area contributed by atoms with Gasteiger partial charge in [-0.25, -0.2) is 0 Å². The Morgan fingerprint density at radius 3 is 2.68 bits per heavy atom. The Morgan fingerprint density at radius 1 is 1.16 bits per heavy atom. The Balaban J connectivity index is 1.69. The molecule has 1 aromatic carbocycles. The third-order valence-corrected chi connectivity index (χ3v) is 4.22. The van der Waals surface area contributed by atoms with Crippen LogP contribution in [0.4, 0.5) is 0 Å². The Morgan fingerprint density at radius 2 is 1.95 bits per heavy atom. The fraction of sp³-hybridized carbons (Fsp3) is 0.625. The first-order valence-corrected chi connectivity index (χ1v) is 7.47. The highest BCUT2D eigenvalue weighted by Gasteiger charge is 2.23. The molecule has 1 aliphatic carbocycles. The number of rotatable bonds is 3. The zero-order valence-electron chi connectivity index (χ0n) is 11.7. The molecule has 1 fully saturated rings. The van der Waals surface area contributed by atoms with E-state index in [1.807, 2.05) is 7.05 Å². The van der Waals surface area contributed by atoms with Crippen molar-refractivity contribution < 1.29 is 9.47 Å². The lowest BCUT2D eigenvalue weighted by atomic mass is 10.1. The van der Waals surface area contributed by atoms with Crippen molar-refractivity contribution in [2.75, 3.05) is 13.7 Å². The highest BCUT2D eigenvalue weighted by atomic mass is 16.5. The third-order valence-electron chi connectivity index (χ3n) is 4.22. The smallest absolute Gasteiger partial charge is 0.127 e. The first-order valence-electron chi connectivity index (χ1n) is 7.47. The summed E-state index contributed by atoms with van der Waals surface area (Å²) in [5.41, 5.74) is 1.25. The van der Waals surface area contributed by atoms with Crippen LogP contribution in [0.1, 0.15) is 50.1 Å². The first kappa shape index (κ1) is 12.8. The van der Waals surface area contributed by atoms with Gasteiger partial charge in [-0.05, 0) is 44.9 Å². The van der Waals surface area contributed by atoms with Gasteiger partial charge in [-0.15, -0.1) is 0 Å². The summed E-state index contributed by atoms with van der Waals surface area (Å²) >= 11 is 0. The molecule has 0 radical (unpaired) electrons. The predicted octanol–water partition coefficient (Wildman–Crippen LogP) is 3.44. The van der Waals surface area contributed by atoms with E-state index in [1.54, 1.807) is 0 Å². The van der Waals surface area contributed by atoms with Gasteiger partial charge in [0.05, 0.1) is 12.1 Å². The molecule has 2 aliphatic rings. The summed E-state index contributed by atoms with van der Waals surface area (Å²) in [6, 6.07) is 6.59. The van der Waals surface area contributed by atoms with Gasteiger partial charge < -0.3 is 14.8 Å². The number of nitrogens with one attached hydrogen (secondary N) is 1. The van der Waals surface area contributed by atoms with Gasteiger partial charge in [0.2, 0.25) is 0 Å². The summed E-state index contributed by atoms with van der Waals surface area (Å²) < 4.78 is 11.8. The normalized spacial score (nSPS) is 23.5. The topological polar surface area (TPSA) is 30.5 Å². The van der Waals surface area contributed by atoms with Crippen LogP contribution in [0.15, 0.2) is 18.2 Å². The molecule has 0 saturated heterocycles. The molecule has 0 bridgehead atoms. The predicted molar refractivity (Wildman–Crippen MR) is 75.9 cm³/mol. The van der Waals surface area contributed by atoms with Gasteiger partial charge in [0.25, 0.3) is 0 Å². The van der Waals surface area contributed by atoms with Crippen LogP contribution in [-0.2, 0) is 0 Å². The second kappa shape index (κ2) is 5.83. The van der Waals surface area contributed by atoms with Crippen LogP contribution >= 0.6 is 0 Å².